The number of amides is 3. The molecule has 0 radical (unpaired) electrons. The van der Waals surface area contributed by atoms with Gasteiger partial charge in [-0.15, -0.1) is 0 Å². The highest BCUT2D eigenvalue weighted by Gasteiger charge is 2.64. The van der Waals surface area contributed by atoms with E-state index in [0.717, 1.165) is 6.42 Å². The average Bonchev–Trinajstić information content (AvgIpc) is 3.61. The Morgan fingerprint density at radius 3 is 2.36 bits per heavy atom. The zero-order valence-corrected chi connectivity index (χ0v) is 24.5. The molecule has 2 rings (SSSR count). The molecule has 12 heteroatoms. The van der Waals surface area contributed by atoms with E-state index in [2.05, 4.69) is 16.0 Å². The van der Waals surface area contributed by atoms with Crippen LogP contribution in [0.4, 0.5) is 9.59 Å². The summed E-state index contributed by atoms with van der Waals surface area (Å²) in [5.74, 6) is -0.398. The zero-order valence-electron chi connectivity index (χ0n) is 24.5. The molecule has 1 saturated heterocycles. The minimum absolute atomic E-state index is 0.0684. The molecule has 0 aromatic heterocycles. The normalized spacial score (nSPS) is 24.5. The number of nitrogens with two attached hydrogens (primary N) is 1. The summed E-state index contributed by atoms with van der Waals surface area (Å²) in [7, 11) is 1.61. The Bertz CT molecular complexity index is 868. The Morgan fingerprint density at radius 2 is 1.77 bits per heavy atom. The fourth-order valence-corrected chi connectivity index (χ4v) is 4.95. The molecule has 3 unspecified atom stereocenters. The number of rotatable bonds is 14. The first-order valence-corrected chi connectivity index (χ1v) is 13.6. The van der Waals surface area contributed by atoms with Gasteiger partial charge >= 0.3 is 12.2 Å². The fraction of sp³-hybridized carbons (Fsp3) is 0.815. The monoisotopic (exact) mass is 556 g/mol. The molecule has 5 N–H and O–H groups in total. The largest absolute Gasteiger partial charge is 0.447 e. The van der Waals surface area contributed by atoms with Crippen LogP contribution in [-0.4, -0.2) is 93.6 Å². The number of allylic oxidation sites excluding steroid dienone is 1. The molecule has 2 fully saturated rings. The second-order valence-corrected chi connectivity index (χ2v) is 11.6. The molecule has 1 aliphatic carbocycles. The summed E-state index contributed by atoms with van der Waals surface area (Å²) < 4.78 is 29.2. The van der Waals surface area contributed by atoms with Crippen LogP contribution < -0.4 is 21.7 Å². The van der Waals surface area contributed by atoms with Gasteiger partial charge in [-0.1, -0.05) is 11.6 Å². The van der Waals surface area contributed by atoms with Crippen LogP contribution in [0.3, 0.4) is 0 Å². The van der Waals surface area contributed by atoms with Crippen molar-refractivity contribution in [3.63, 3.8) is 0 Å². The van der Waals surface area contributed by atoms with Crippen molar-refractivity contribution in [3.05, 3.63) is 11.6 Å². The smallest absolute Gasteiger partial charge is 0.408 e. The standard InChI is InChI=1S/C27H48N4O8/c1-18(2)10-14-37-26(5,6)22-21(35-7)19(9-11-27(22)17-38-27)39-24(34)31-25(3,4)16-36-23(33)30-13-8-12-29-20(32)15-28/h10,19,21-22H,8-9,11-17,28H2,1-7H3,(H,29,32)(H,30,33)(H,31,34)/t19?,21?,22?,27-/m0/s1. The van der Waals surface area contributed by atoms with E-state index in [4.69, 9.17) is 29.4 Å². The highest BCUT2D eigenvalue weighted by atomic mass is 16.6. The van der Waals surface area contributed by atoms with E-state index in [-0.39, 0.29) is 30.6 Å². The van der Waals surface area contributed by atoms with Crippen molar-refractivity contribution in [2.45, 2.75) is 89.8 Å². The lowest BCUT2D eigenvalue weighted by molar-refractivity contribution is -0.172. The van der Waals surface area contributed by atoms with Gasteiger partial charge in [-0.25, -0.2) is 9.59 Å². The highest BCUT2D eigenvalue weighted by molar-refractivity contribution is 5.77. The Kier molecular flexibility index (Phi) is 12.0. The van der Waals surface area contributed by atoms with Crippen LogP contribution in [0.5, 0.6) is 0 Å². The van der Waals surface area contributed by atoms with E-state index in [1.54, 1.807) is 21.0 Å². The molecule has 12 nitrogen and oxygen atoms in total. The molecule has 224 valence electrons. The molecule has 1 saturated carbocycles. The van der Waals surface area contributed by atoms with Gasteiger partial charge in [0.15, 0.2) is 0 Å². The van der Waals surface area contributed by atoms with Crippen LogP contribution in [0.15, 0.2) is 11.6 Å². The zero-order chi connectivity index (χ0) is 29.3. The molecule has 39 heavy (non-hydrogen) atoms. The summed E-state index contributed by atoms with van der Waals surface area (Å²) in [5, 5.41) is 8.00. The molecule has 1 spiro atoms. The van der Waals surface area contributed by atoms with Gasteiger partial charge in [0.1, 0.15) is 18.8 Å². The van der Waals surface area contributed by atoms with Crippen LogP contribution in [0.1, 0.15) is 60.8 Å². The second kappa shape index (κ2) is 14.3. The fourth-order valence-electron chi connectivity index (χ4n) is 4.95. The van der Waals surface area contributed by atoms with Gasteiger partial charge in [0.2, 0.25) is 5.91 Å². The summed E-state index contributed by atoms with van der Waals surface area (Å²) >= 11 is 0. The van der Waals surface area contributed by atoms with E-state index in [1.807, 2.05) is 33.8 Å². The van der Waals surface area contributed by atoms with Crippen molar-refractivity contribution in [2.75, 3.05) is 46.6 Å². The van der Waals surface area contributed by atoms with Crippen LogP contribution >= 0.6 is 0 Å². The number of carbonyl (C=O) groups excluding carboxylic acids is 3. The van der Waals surface area contributed by atoms with Crippen LogP contribution in [0.2, 0.25) is 0 Å². The van der Waals surface area contributed by atoms with Crippen molar-refractivity contribution in [1.82, 2.24) is 16.0 Å². The molecule has 0 bridgehead atoms. The molecular weight excluding hydrogens is 508 g/mol. The van der Waals surface area contributed by atoms with Crippen LogP contribution in [0, 0.1) is 5.92 Å². The summed E-state index contributed by atoms with van der Waals surface area (Å²) in [6.07, 6.45) is 1.71. The topological polar surface area (TPSA) is 163 Å². The van der Waals surface area contributed by atoms with Crippen molar-refractivity contribution in [1.29, 1.82) is 0 Å². The summed E-state index contributed by atoms with van der Waals surface area (Å²) in [6, 6.07) is 0. The Balaban J connectivity index is 1.87. The van der Waals surface area contributed by atoms with Gasteiger partial charge in [-0.2, -0.15) is 0 Å². The first-order valence-electron chi connectivity index (χ1n) is 13.6. The second-order valence-electron chi connectivity index (χ2n) is 11.6. The van der Waals surface area contributed by atoms with E-state index >= 15 is 0 Å². The molecule has 4 atom stereocenters. The molecule has 2 aliphatic rings. The van der Waals surface area contributed by atoms with Gasteiger partial charge in [0, 0.05) is 26.1 Å². The van der Waals surface area contributed by atoms with Crippen LogP contribution in [0.25, 0.3) is 0 Å². The van der Waals surface area contributed by atoms with Gasteiger partial charge in [0.05, 0.1) is 36.5 Å². The minimum atomic E-state index is -0.881. The first kappa shape index (κ1) is 32.8. The lowest BCUT2D eigenvalue weighted by Gasteiger charge is -2.47. The maximum absolute atomic E-state index is 12.9. The maximum atomic E-state index is 12.9. The average molecular weight is 557 g/mol. The Labute approximate surface area is 232 Å². The molecule has 1 heterocycles. The first-order chi connectivity index (χ1) is 18.2. The van der Waals surface area contributed by atoms with Gasteiger partial charge in [0.25, 0.3) is 0 Å². The van der Waals surface area contributed by atoms with Gasteiger partial charge < -0.3 is 45.4 Å². The molecule has 0 aromatic carbocycles. The number of alkyl carbamates (subject to hydrolysis) is 2. The van der Waals surface area contributed by atoms with Crippen molar-refractivity contribution >= 4 is 18.1 Å². The lowest BCUT2D eigenvalue weighted by Crippen LogP contribution is -2.59. The number of hydrogen-bond acceptors (Lipinski definition) is 9. The molecule has 0 aromatic rings. The Morgan fingerprint density at radius 1 is 1.10 bits per heavy atom. The number of epoxide rings is 1. The van der Waals surface area contributed by atoms with Gasteiger partial charge in [-0.05, 0) is 60.8 Å². The summed E-state index contributed by atoms with van der Waals surface area (Å²) in [6.45, 7) is 13.2. The number of ether oxygens (including phenoxy) is 5. The van der Waals surface area contributed by atoms with Crippen LogP contribution in [-0.2, 0) is 28.5 Å². The van der Waals surface area contributed by atoms with Crippen molar-refractivity contribution < 1.29 is 38.1 Å². The van der Waals surface area contributed by atoms with E-state index in [0.29, 0.717) is 39.1 Å². The SMILES string of the molecule is COC1C(OC(=O)NC(C)(C)COC(=O)NCCCNC(=O)CN)CC[C@]2(CO2)C1C(C)(C)OCC=C(C)C. The third-order valence-corrected chi connectivity index (χ3v) is 6.99. The maximum Gasteiger partial charge on any atom is 0.408 e. The highest BCUT2D eigenvalue weighted by Crippen LogP contribution is 2.52. The van der Waals surface area contributed by atoms with Crippen molar-refractivity contribution in [3.8, 4) is 0 Å². The third kappa shape index (κ3) is 10.3. The van der Waals surface area contributed by atoms with E-state index in [9.17, 15) is 14.4 Å². The number of nitrogens with one attached hydrogen (secondary N) is 3. The summed E-state index contributed by atoms with van der Waals surface area (Å²) in [5.41, 5.74) is 4.58. The lowest BCUT2D eigenvalue weighted by atomic mass is 9.68. The Hall–Kier alpha value is -2.41. The van der Waals surface area contributed by atoms with Gasteiger partial charge in [-0.3, -0.25) is 4.79 Å². The quantitative estimate of drug-likeness (QED) is 0.142. The van der Waals surface area contributed by atoms with Crippen molar-refractivity contribution in [2.24, 2.45) is 11.7 Å². The third-order valence-electron chi connectivity index (χ3n) is 6.99. The predicted octanol–water partition coefficient (Wildman–Crippen LogP) is 2.01. The summed E-state index contributed by atoms with van der Waals surface area (Å²) in [4.78, 5) is 36.0. The predicted molar refractivity (Wildman–Crippen MR) is 145 cm³/mol. The van der Waals surface area contributed by atoms with E-state index in [1.165, 1.54) is 5.57 Å². The number of methoxy groups -OCH3 is 1. The molecule has 3 amide bonds. The number of hydrogen-bond donors (Lipinski definition) is 4. The number of carbonyl (C=O) groups is 3. The van der Waals surface area contributed by atoms with E-state index < -0.39 is 35.5 Å². The minimum Gasteiger partial charge on any atom is -0.447 e. The molecule has 1 aliphatic heterocycles. The molecular formula is C27H48N4O8.